The number of aliphatic hydroxyl groups excluding tert-OH is 5. The van der Waals surface area contributed by atoms with Gasteiger partial charge >= 0.3 is 0 Å². The Bertz CT molecular complexity index is 401. The van der Waals surface area contributed by atoms with E-state index in [9.17, 15) is 25.5 Å². The van der Waals surface area contributed by atoms with Crippen LogP contribution in [0.15, 0.2) is 0 Å². The molecule has 0 aliphatic heterocycles. The van der Waals surface area contributed by atoms with Crippen molar-refractivity contribution in [1.82, 2.24) is 10.6 Å². The zero-order valence-electron chi connectivity index (χ0n) is 15.1. The van der Waals surface area contributed by atoms with E-state index in [4.69, 9.17) is 12.2 Å². The number of hydrogen-bond acceptors (Lipinski definition) is 7. The molecule has 0 radical (unpaired) electrons. The summed E-state index contributed by atoms with van der Waals surface area (Å²) in [6.07, 6.45) is -1.21. The zero-order chi connectivity index (χ0) is 19.0. The van der Waals surface area contributed by atoms with Gasteiger partial charge in [0.25, 0.3) is 0 Å². The highest BCUT2D eigenvalue weighted by Crippen LogP contribution is 2.20. The predicted molar refractivity (Wildman–Crippen MR) is 100 cm³/mol. The first-order chi connectivity index (χ1) is 11.8. The van der Waals surface area contributed by atoms with E-state index >= 15 is 0 Å². The maximum absolute atomic E-state index is 10.4. The van der Waals surface area contributed by atoms with Crippen LogP contribution in [0.25, 0.3) is 0 Å². The molecule has 7 nitrogen and oxygen atoms in total. The lowest BCUT2D eigenvalue weighted by Crippen LogP contribution is -2.58. The Hall–Kier alpha value is -0.350. The molecular formula is C17H34N2O5S. The van der Waals surface area contributed by atoms with Crippen molar-refractivity contribution >= 4 is 17.2 Å². The van der Waals surface area contributed by atoms with Gasteiger partial charge in [-0.05, 0) is 32.1 Å². The van der Waals surface area contributed by atoms with Crippen LogP contribution in [-0.2, 0) is 0 Å². The Morgan fingerprint density at radius 2 is 1.80 bits per heavy atom. The Balaban J connectivity index is 2.64. The van der Waals surface area contributed by atoms with Gasteiger partial charge in [0.05, 0.1) is 35.4 Å². The molecule has 0 aromatic carbocycles. The molecule has 1 aliphatic carbocycles. The SMILES string of the molecule is CCCC(=S)NC(CNC1CCC(O)C(O)C1O)C(O)CC(O)CC. The Labute approximate surface area is 155 Å². The summed E-state index contributed by atoms with van der Waals surface area (Å²) >= 11 is 5.28. The number of rotatable bonds is 10. The average molecular weight is 379 g/mol. The van der Waals surface area contributed by atoms with E-state index in [-0.39, 0.29) is 12.5 Å². The molecule has 7 atom stereocenters. The maximum Gasteiger partial charge on any atom is 0.107 e. The van der Waals surface area contributed by atoms with Crippen LogP contribution >= 0.6 is 12.2 Å². The smallest absolute Gasteiger partial charge is 0.107 e. The molecular weight excluding hydrogens is 344 g/mol. The standard InChI is InChI=1S/C17H34N2O5S/c1-3-5-15(25)19-12(14(22)8-10(20)4-2)9-18-11-6-7-13(21)17(24)16(11)23/h10-14,16-18,20-24H,3-9H2,1-2H3,(H,19,25). The first-order valence-corrected chi connectivity index (χ1v) is 9.63. The van der Waals surface area contributed by atoms with Crippen molar-refractivity contribution in [2.75, 3.05) is 6.54 Å². The fourth-order valence-electron chi connectivity index (χ4n) is 3.06. The molecule has 0 spiro atoms. The predicted octanol–water partition coefficient (Wildman–Crippen LogP) is -0.571. The van der Waals surface area contributed by atoms with Crippen LogP contribution in [-0.4, -0.2) is 79.7 Å². The second-order valence-electron chi connectivity index (χ2n) is 6.93. The monoisotopic (exact) mass is 378 g/mol. The van der Waals surface area contributed by atoms with E-state index in [1.54, 1.807) is 0 Å². The molecule has 1 rings (SSSR count). The van der Waals surface area contributed by atoms with E-state index in [1.807, 2.05) is 13.8 Å². The number of aliphatic hydroxyl groups is 5. The van der Waals surface area contributed by atoms with Crippen LogP contribution in [0.5, 0.6) is 0 Å². The van der Waals surface area contributed by atoms with E-state index in [2.05, 4.69) is 10.6 Å². The van der Waals surface area contributed by atoms with Crippen molar-refractivity contribution in [3.8, 4) is 0 Å². The van der Waals surface area contributed by atoms with E-state index < -0.39 is 36.6 Å². The van der Waals surface area contributed by atoms with Gasteiger partial charge in [-0.1, -0.05) is 26.1 Å². The summed E-state index contributed by atoms with van der Waals surface area (Å²) < 4.78 is 0. The van der Waals surface area contributed by atoms with E-state index in [0.717, 1.165) is 6.42 Å². The summed E-state index contributed by atoms with van der Waals surface area (Å²) in [6.45, 7) is 4.19. The van der Waals surface area contributed by atoms with E-state index in [1.165, 1.54) is 0 Å². The van der Waals surface area contributed by atoms with Crippen molar-refractivity contribution in [2.24, 2.45) is 0 Å². The summed E-state index contributed by atoms with van der Waals surface area (Å²) in [7, 11) is 0. The van der Waals surface area contributed by atoms with Crippen molar-refractivity contribution in [1.29, 1.82) is 0 Å². The van der Waals surface area contributed by atoms with Crippen LogP contribution in [0, 0.1) is 0 Å². The second-order valence-corrected chi connectivity index (χ2v) is 7.42. The van der Waals surface area contributed by atoms with E-state index in [0.29, 0.717) is 37.2 Å². The topological polar surface area (TPSA) is 125 Å². The summed E-state index contributed by atoms with van der Waals surface area (Å²) in [5, 5.41) is 56.0. The first-order valence-electron chi connectivity index (χ1n) is 9.23. The highest BCUT2D eigenvalue weighted by Gasteiger charge is 2.36. The Kier molecular flexibility index (Phi) is 10.3. The molecule has 0 bridgehead atoms. The van der Waals surface area contributed by atoms with Gasteiger partial charge in [0.15, 0.2) is 0 Å². The quantitative estimate of drug-likeness (QED) is 0.252. The lowest BCUT2D eigenvalue weighted by Gasteiger charge is -2.37. The van der Waals surface area contributed by atoms with Gasteiger partial charge in [0.1, 0.15) is 6.10 Å². The first kappa shape index (κ1) is 22.7. The van der Waals surface area contributed by atoms with Gasteiger partial charge in [-0.3, -0.25) is 0 Å². The molecule has 0 aromatic heterocycles. The minimum absolute atomic E-state index is 0.235. The molecule has 1 aliphatic rings. The highest BCUT2D eigenvalue weighted by atomic mass is 32.1. The van der Waals surface area contributed by atoms with Crippen molar-refractivity contribution in [2.45, 2.75) is 95.0 Å². The number of hydrogen-bond donors (Lipinski definition) is 7. The molecule has 8 heteroatoms. The molecule has 7 N–H and O–H groups in total. The van der Waals surface area contributed by atoms with Crippen LogP contribution in [0.2, 0.25) is 0 Å². The summed E-state index contributed by atoms with van der Waals surface area (Å²) in [5.74, 6) is 0. The molecule has 0 aromatic rings. The average Bonchev–Trinajstić information content (AvgIpc) is 2.57. The normalized spacial score (nSPS) is 30.5. The van der Waals surface area contributed by atoms with Crippen LogP contribution in [0.3, 0.4) is 0 Å². The minimum atomic E-state index is -1.18. The number of thiocarbonyl (C=S) groups is 1. The second kappa shape index (κ2) is 11.4. The van der Waals surface area contributed by atoms with Gasteiger partial charge in [-0.15, -0.1) is 0 Å². The summed E-state index contributed by atoms with van der Waals surface area (Å²) in [5.41, 5.74) is 0. The molecule has 148 valence electrons. The van der Waals surface area contributed by atoms with Crippen molar-refractivity contribution in [3.05, 3.63) is 0 Å². The third kappa shape index (κ3) is 7.42. The molecule has 7 unspecified atom stereocenters. The Morgan fingerprint density at radius 3 is 2.40 bits per heavy atom. The molecule has 0 amide bonds. The van der Waals surface area contributed by atoms with Crippen molar-refractivity contribution < 1.29 is 25.5 Å². The van der Waals surface area contributed by atoms with Crippen LogP contribution < -0.4 is 10.6 Å². The van der Waals surface area contributed by atoms with Gasteiger partial charge < -0.3 is 36.2 Å². The van der Waals surface area contributed by atoms with Crippen molar-refractivity contribution in [3.63, 3.8) is 0 Å². The maximum atomic E-state index is 10.4. The van der Waals surface area contributed by atoms with Gasteiger partial charge in [0.2, 0.25) is 0 Å². The number of nitrogens with one attached hydrogen (secondary N) is 2. The lowest BCUT2D eigenvalue weighted by molar-refractivity contribution is -0.0985. The highest BCUT2D eigenvalue weighted by molar-refractivity contribution is 7.80. The fourth-order valence-corrected chi connectivity index (χ4v) is 3.41. The van der Waals surface area contributed by atoms with Gasteiger partial charge in [0, 0.05) is 19.0 Å². The fraction of sp³-hybridized carbons (Fsp3) is 0.941. The summed E-state index contributed by atoms with van der Waals surface area (Å²) in [4.78, 5) is 0.652. The van der Waals surface area contributed by atoms with Gasteiger partial charge in [-0.25, -0.2) is 0 Å². The minimum Gasteiger partial charge on any atom is -0.393 e. The third-order valence-corrected chi connectivity index (χ3v) is 5.12. The van der Waals surface area contributed by atoms with Crippen LogP contribution in [0.1, 0.15) is 52.4 Å². The Morgan fingerprint density at radius 1 is 1.12 bits per heavy atom. The third-order valence-electron chi connectivity index (χ3n) is 4.80. The molecule has 0 heterocycles. The largest absolute Gasteiger partial charge is 0.393 e. The lowest BCUT2D eigenvalue weighted by atomic mass is 9.87. The zero-order valence-corrected chi connectivity index (χ0v) is 16.0. The molecule has 25 heavy (non-hydrogen) atoms. The molecule has 0 saturated heterocycles. The summed E-state index contributed by atoms with van der Waals surface area (Å²) in [6, 6.07) is -0.776. The van der Waals surface area contributed by atoms with Gasteiger partial charge in [-0.2, -0.15) is 0 Å². The van der Waals surface area contributed by atoms with Crippen LogP contribution in [0.4, 0.5) is 0 Å². The molecule has 1 fully saturated rings. The molecule has 1 saturated carbocycles.